The molecule has 0 bridgehead atoms. The molecule has 0 aliphatic heterocycles. The van der Waals surface area contributed by atoms with Gasteiger partial charge in [0, 0.05) is 12.5 Å². The standard InChI is InChI=1S/C21H18FNO/c1-15(24)23-21(17-7-3-2-4-8-17)18-13-11-16(12-14-18)19-9-5-6-10-20(19)22/h2-14,21H,1H3,(H,23,24). The summed E-state index contributed by atoms with van der Waals surface area (Å²) in [7, 11) is 0. The van der Waals surface area contributed by atoms with Crippen molar-refractivity contribution in [2.45, 2.75) is 13.0 Å². The van der Waals surface area contributed by atoms with E-state index in [1.807, 2.05) is 60.7 Å². The predicted molar refractivity (Wildman–Crippen MR) is 93.9 cm³/mol. The van der Waals surface area contributed by atoms with Crippen molar-refractivity contribution in [2.75, 3.05) is 0 Å². The molecule has 0 aromatic heterocycles. The fraction of sp³-hybridized carbons (Fsp3) is 0.0952. The Balaban J connectivity index is 1.95. The van der Waals surface area contributed by atoms with Crippen molar-refractivity contribution in [3.63, 3.8) is 0 Å². The minimum atomic E-state index is -0.244. The lowest BCUT2D eigenvalue weighted by atomic mass is 9.96. The molecular formula is C21H18FNO. The van der Waals surface area contributed by atoms with Crippen LogP contribution in [0.2, 0.25) is 0 Å². The predicted octanol–water partition coefficient (Wildman–Crippen LogP) is 4.72. The Morgan fingerprint density at radius 1 is 0.833 bits per heavy atom. The van der Waals surface area contributed by atoms with E-state index in [4.69, 9.17) is 0 Å². The first-order valence-electron chi connectivity index (χ1n) is 7.82. The fourth-order valence-corrected chi connectivity index (χ4v) is 2.76. The summed E-state index contributed by atoms with van der Waals surface area (Å²) < 4.78 is 13.9. The number of nitrogens with one attached hydrogen (secondary N) is 1. The molecular weight excluding hydrogens is 301 g/mol. The second-order valence-electron chi connectivity index (χ2n) is 5.65. The zero-order valence-corrected chi connectivity index (χ0v) is 13.4. The summed E-state index contributed by atoms with van der Waals surface area (Å²) >= 11 is 0. The van der Waals surface area contributed by atoms with Gasteiger partial charge in [-0.3, -0.25) is 4.79 Å². The molecule has 2 nitrogen and oxygen atoms in total. The molecule has 0 radical (unpaired) electrons. The molecule has 0 aliphatic carbocycles. The Bertz CT molecular complexity index is 828. The number of carbonyl (C=O) groups is 1. The number of rotatable bonds is 4. The van der Waals surface area contributed by atoms with Gasteiger partial charge in [-0.25, -0.2) is 4.39 Å². The zero-order valence-electron chi connectivity index (χ0n) is 13.4. The van der Waals surface area contributed by atoms with E-state index in [-0.39, 0.29) is 17.8 Å². The number of carbonyl (C=O) groups excluding carboxylic acids is 1. The zero-order chi connectivity index (χ0) is 16.9. The van der Waals surface area contributed by atoms with Crippen LogP contribution in [0.15, 0.2) is 78.9 Å². The van der Waals surface area contributed by atoms with Gasteiger partial charge in [0.2, 0.25) is 5.91 Å². The van der Waals surface area contributed by atoms with Crippen molar-refractivity contribution in [3.05, 3.63) is 95.8 Å². The Kier molecular flexibility index (Phi) is 4.71. The Labute approximate surface area is 141 Å². The fourth-order valence-electron chi connectivity index (χ4n) is 2.76. The normalized spacial score (nSPS) is 11.8. The lowest BCUT2D eigenvalue weighted by molar-refractivity contribution is -0.119. The lowest BCUT2D eigenvalue weighted by Crippen LogP contribution is -2.26. The van der Waals surface area contributed by atoms with Crippen molar-refractivity contribution in [1.29, 1.82) is 0 Å². The minimum Gasteiger partial charge on any atom is -0.345 e. The number of benzene rings is 3. The van der Waals surface area contributed by atoms with E-state index in [1.165, 1.54) is 13.0 Å². The first-order chi connectivity index (χ1) is 11.6. The van der Waals surface area contributed by atoms with Crippen molar-refractivity contribution in [3.8, 4) is 11.1 Å². The molecule has 0 saturated carbocycles. The quantitative estimate of drug-likeness (QED) is 0.741. The average molecular weight is 319 g/mol. The van der Waals surface area contributed by atoms with Gasteiger partial charge in [0.1, 0.15) is 5.82 Å². The van der Waals surface area contributed by atoms with E-state index in [0.717, 1.165) is 16.7 Å². The van der Waals surface area contributed by atoms with Gasteiger partial charge in [-0.2, -0.15) is 0 Å². The topological polar surface area (TPSA) is 29.1 Å². The van der Waals surface area contributed by atoms with E-state index in [0.29, 0.717) is 5.56 Å². The maximum Gasteiger partial charge on any atom is 0.217 e. The van der Waals surface area contributed by atoms with Crippen LogP contribution in [0.4, 0.5) is 4.39 Å². The largest absolute Gasteiger partial charge is 0.345 e. The molecule has 0 heterocycles. The summed E-state index contributed by atoms with van der Waals surface area (Å²) in [6.45, 7) is 1.50. The van der Waals surface area contributed by atoms with Crippen LogP contribution in [-0.2, 0) is 4.79 Å². The highest BCUT2D eigenvalue weighted by Gasteiger charge is 2.15. The molecule has 24 heavy (non-hydrogen) atoms. The summed E-state index contributed by atoms with van der Waals surface area (Å²) in [5.74, 6) is -0.339. The molecule has 3 rings (SSSR count). The van der Waals surface area contributed by atoms with Gasteiger partial charge in [0.15, 0.2) is 0 Å². The van der Waals surface area contributed by atoms with Gasteiger partial charge in [0.05, 0.1) is 6.04 Å². The SMILES string of the molecule is CC(=O)NC(c1ccccc1)c1ccc(-c2ccccc2F)cc1. The monoisotopic (exact) mass is 319 g/mol. The van der Waals surface area contributed by atoms with Crippen molar-refractivity contribution >= 4 is 5.91 Å². The summed E-state index contributed by atoms with van der Waals surface area (Å²) in [5.41, 5.74) is 3.34. The maximum atomic E-state index is 13.9. The third-order valence-corrected chi connectivity index (χ3v) is 3.91. The molecule has 1 amide bonds. The highest BCUT2D eigenvalue weighted by atomic mass is 19.1. The third kappa shape index (κ3) is 3.51. The Morgan fingerprint density at radius 2 is 1.42 bits per heavy atom. The van der Waals surface area contributed by atoms with Gasteiger partial charge in [-0.1, -0.05) is 72.8 Å². The number of halogens is 1. The molecule has 0 aliphatic rings. The molecule has 120 valence electrons. The molecule has 3 aromatic rings. The van der Waals surface area contributed by atoms with Gasteiger partial charge in [-0.15, -0.1) is 0 Å². The van der Waals surface area contributed by atoms with Crippen LogP contribution in [-0.4, -0.2) is 5.91 Å². The van der Waals surface area contributed by atoms with Gasteiger partial charge < -0.3 is 5.32 Å². The smallest absolute Gasteiger partial charge is 0.217 e. The van der Waals surface area contributed by atoms with E-state index in [2.05, 4.69) is 5.32 Å². The number of hydrogen-bond donors (Lipinski definition) is 1. The molecule has 0 saturated heterocycles. The van der Waals surface area contributed by atoms with Gasteiger partial charge in [0.25, 0.3) is 0 Å². The van der Waals surface area contributed by atoms with E-state index in [1.54, 1.807) is 12.1 Å². The molecule has 0 fully saturated rings. The molecule has 3 aromatic carbocycles. The van der Waals surface area contributed by atoms with Crippen molar-refractivity contribution in [1.82, 2.24) is 5.32 Å². The van der Waals surface area contributed by atoms with E-state index in [9.17, 15) is 9.18 Å². The number of hydrogen-bond acceptors (Lipinski definition) is 1. The molecule has 1 unspecified atom stereocenters. The summed E-state index contributed by atoms with van der Waals surface area (Å²) in [6.07, 6.45) is 0. The van der Waals surface area contributed by atoms with Crippen LogP contribution in [0.5, 0.6) is 0 Å². The van der Waals surface area contributed by atoms with Crippen LogP contribution < -0.4 is 5.32 Å². The second kappa shape index (κ2) is 7.09. The number of amides is 1. The summed E-state index contributed by atoms with van der Waals surface area (Å²) in [6, 6.07) is 23.9. The molecule has 1 N–H and O–H groups in total. The molecule has 0 spiro atoms. The molecule has 3 heteroatoms. The molecule has 1 atom stereocenters. The highest BCUT2D eigenvalue weighted by Crippen LogP contribution is 2.27. The second-order valence-corrected chi connectivity index (χ2v) is 5.65. The van der Waals surface area contributed by atoms with Crippen LogP contribution in [0.25, 0.3) is 11.1 Å². The maximum absolute atomic E-state index is 13.9. The average Bonchev–Trinajstić information content (AvgIpc) is 2.61. The minimum absolute atomic E-state index is 0.0953. The first kappa shape index (κ1) is 15.9. The third-order valence-electron chi connectivity index (χ3n) is 3.91. The summed E-state index contributed by atoms with van der Waals surface area (Å²) in [5, 5.41) is 2.97. The lowest BCUT2D eigenvalue weighted by Gasteiger charge is -2.19. The van der Waals surface area contributed by atoms with Gasteiger partial charge in [-0.05, 0) is 22.8 Å². The van der Waals surface area contributed by atoms with Gasteiger partial charge >= 0.3 is 0 Å². The van der Waals surface area contributed by atoms with Crippen LogP contribution >= 0.6 is 0 Å². The van der Waals surface area contributed by atoms with E-state index >= 15 is 0 Å². The van der Waals surface area contributed by atoms with Crippen LogP contribution in [0.3, 0.4) is 0 Å². The van der Waals surface area contributed by atoms with E-state index < -0.39 is 0 Å². The van der Waals surface area contributed by atoms with Crippen molar-refractivity contribution in [2.24, 2.45) is 0 Å². The van der Waals surface area contributed by atoms with Crippen molar-refractivity contribution < 1.29 is 9.18 Å². The highest BCUT2D eigenvalue weighted by molar-refractivity contribution is 5.74. The Hall–Kier alpha value is -2.94. The Morgan fingerprint density at radius 3 is 2.04 bits per heavy atom. The van der Waals surface area contributed by atoms with Crippen LogP contribution in [0, 0.1) is 5.82 Å². The first-order valence-corrected chi connectivity index (χ1v) is 7.82. The van der Waals surface area contributed by atoms with Crippen LogP contribution in [0.1, 0.15) is 24.1 Å². The summed E-state index contributed by atoms with van der Waals surface area (Å²) in [4.78, 5) is 11.6.